The van der Waals surface area contributed by atoms with Crippen molar-refractivity contribution in [1.82, 2.24) is 0 Å². The number of nitrogen functional groups attached to an aromatic ring is 1. The zero-order valence-electron chi connectivity index (χ0n) is 9.16. The molecule has 0 spiro atoms. The third-order valence-electron chi connectivity index (χ3n) is 2.34. The molecule has 0 saturated heterocycles. The van der Waals surface area contributed by atoms with Gasteiger partial charge in [-0.05, 0) is 52.0 Å². The Hall–Kier alpha value is -1.33. The summed E-state index contributed by atoms with van der Waals surface area (Å²) in [5, 5.41) is 6.64. The van der Waals surface area contributed by atoms with Crippen LogP contribution in [0.4, 0.5) is 11.4 Å². The Labute approximate surface area is 112 Å². The number of carbonyl (C=O) groups is 1. The first-order valence-corrected chi connectivity index (χ1v) is 6.70. The third-order valence-corrected chi connectivity index (χ3v) is 3.86. The molecule has 3 N–H and O–H groups in total. The van der Waals surface area contributed by atoms with Crippen LogP contribution in [0, 0.1) is 6.92 Å². The van der Waals surface area contributed by atoms with Gasteiger partial charge in [-0.3, -0.25) is 4.79 Å². The lowest BCUT2D eigenvalue weighted by molar-refractivity contribution is 0.102. The minimum absolute atomic E-state index is 0.103. The zero-order valence-corrected chi connectivity index (χ0v) is 11.6. The van der Waals surface area contributed by atoms with Crippen molar-refractivity contribution in [3.8, 4) is 0 Å². The fraction of sp³-hybridized carbons (Fsp3) is 0.0833. The lowest BCUT2D eigenvalue weighted by Gasteiger charge is -2.07. The summed E-state index contributed by atoms with van der Waals surface area (Å²) in [5.74, 6) is -0.103. The van der Waals surface area contributed by atoms with Crippen molar-refractivity contribution in [2.24, 2.45) is 0 Å². The molecule has 2 aromatic rings. The molecule has 0 fully saturated rings. The standard InChI is InChI=1S/C12H11BrN2OS/c1-7-5-17-6-9(7)12(16)15-11-3-2-8(14)4-10(11)13/h2-6H,14H2,1H3,(H,15,16). The van der Waals surface area contributed by atoms with Crippen LogP contribution in [0.2, 0.25) is 0 Å². The second kappa shape index (κ2) is 4.89. The second-order valence-corrected chi connectivity index (χ2v) is 5.26. The van der Waals surface area contributed by atoms with E-state index in [0.717, 1.165) is 15.7 Å². The van der Waals surface area contributed by atoms with Gasteiger partial charge in [-0.15, -0.1) is 0 Å². The van der Waals surface area contributed by atoms with E-state index in [0.29, 0.717) is 11.3 Å². The molecule has 1 aromatic carbocycles. The van der Waals surface area contributed by atoms with E-state index >= 15 is 0 Å². The number of rotatable bonds is 2. The van der Waals surface area contributed by atoms with Crippen molar-refractivity contribution in [2.45, 2.75) is 6.92 Å². The van der Waals surface area contributed by atoms with Gasteiger partial charge in [0.2, 0.25) is 0 Å². The van der Waals surface area contributed by atoms with Gasteiger partial charge in [-0.1, -0.05) is 0 Å². The average Bonchev–Trinajstić information content (AvgIpc) is 2.68. The quantitative estimate of drug-likeness (QED) is 0.832. The van der Waals surface area contributed by atoms with E-state index < -0.39 is 0 Å². The van der Waals surface area contributed by atoms with Gasteiger partial charge >= 0.3 is 0 Å². The Bertz CT molecular complexity index is 565. The molecule has 2 rings (SSSR count). The Kier molecular flexibility index (Phi) is 3.49. The summed E-state index contributed by atoms with van der Waals surface area (Å²) in [6.45, 7) is 1.92. The molecule has 0 aliphatic rings. The number of halogens is 1. The van der Waals surface area contributed by atoms with Crippen LogP contribution in [0.1, 0.15) is 15.9 Å². The van der Waals surface area contributed by atoms with Crippen molar-refractivity contribution < 1.29 is 4.79 Å². The first kappa shape index (κ1) is 12.1. The van der Waals surface area contributed by atoms with E-state index in [4.69, 9.17) is 5.73 Å². The highest BCUT2D eigenvalue weighted by Crippen LogP contribution is 2.25. The summed E-state index contributed by atoms with van der Waals surface area (Å²) in [4.78, 5) is 12.0. The monoisotopic (exact) mass is 310 g/mol. The topological polar surface area (TPSA) is 55.1 Å². The number of nitrogens with one attached hydrogen (secondary N) is 1. The predicted molar refractivity (Wildman–Crippen MR) is 75.6 cm³/mol. The van der Waals surface area contributed by atoms with Gasteiger partial charge in [0.15, 0.2) is 0 Å². The van der Waals surface area contributed by atoms with Crippen LogP contribution >= 0.6 is 27.3 Å². The van der Waals surface area contributed by atoms with Gasteiger partial charge in [0.25, 0.3) is 5.91 Å². The van der Waals surface area contributed by atoms with Gasteiger partial charge in [-0.2, -0.15) is 11.3 Å². The highest BCUT2D eigenvalue weighted by Gasteiger charge is 2.11. The maximum Gasteiger partial charge on any atom is 0.256 e. The van der Waals surface area contributed by atoms with Gasteiger partial charge in [0.1, 0.15) is 0 Å². The summed E-state index contributed by atoms with van der Waals surface area (Å²) in [6.07, 6.45) is 0. The Morgan fingerprint density at radius 2 is 2.18 bits per heavy atom. The number of benzene rings is 1. The lowest BCUT2D eigenvalue weighted by Crippen LogP contribution is -2.12. The molecule has 1 heterocycles. The first-order chi connectivity index (χ1) is 8.08. The summed E-state index contributed by atoms with van der Waals surface area (Å²) >= 11 is 4.88. The fourth-order valence-electron chi connectivity index (χ4n) is 1.42. The van der Waals surface area contributed by atoms with Crippen LogP contribution in [0.15, 0.2) is 33.4 Å². The van der Waals surface area contributed by atoms with Crippen LogP contribution < -0.4 is 11.1 Å². The minimum Gasteiger partial charge on any atom is -0.399 e. The van der Waals surface area contributed by atoms with Gasteiger partial charge in [0, 0.05) is 15.5 Å². The largest absolute Gasteiger partial charge is 0.399 e. The Morgan fingerprint density at radius 3 is 2.76 bits per heavy atom. The molecule has 0 aliphatic carbocycles. The molecule has 1 amide bonds. The Morgan fingerprint density at radius 1 is 1.41 bits per heavy atom. The van der Waals surface area contributed by atoms with Gasteiger partial charge in [-0.25, -0.2) is 0 Å². The van der Waals surface area contributed by atoms with Gasteiger partial charge < -0.3 is 11.1 Å². The van der Waals surface area contributed by atoms with E-state index in [2.05, 4.69) is 21.2 Å². The molecule has 0 bridgehead atoms. The minimum atomic E-state index is -0.103. The maximum absolute atomic E-state index is 12.0. The molecular formula is C12H11BrN2OS. The van der Waals surface area contributed by atoms with Crippen molar-refractivity contribution in [2.75, 3.05) is 11.1 Å². The van der Waals surface area contributed by atoms with Crippen molar-refractivity contribution in [3.05, 3.63) is 44.6 Å². The maximum atomic E-state index is 12.0. The molecule has 0 saturated carbocycles. The van der Waals surface area contributed by atoms with E-state index in [-0.39, 0.29) is 5.91 Å². The summed E-state index contributed by atoms with van der Waals surface area (Å²) in [7, 11) is 0. The number of amides is 1. The molecule has 0 aliphatic heterocycles. The molecule has 3 nitrogen and oxygen atoms in total. The molecule has 5 heteroatoms. The first-order valence-electron chi connectivity index (χ1n) is 4.97. The third kappa shape index (κ3) is 2.68. The van der Waals surface area contributed by atoms with Crippen LogP contribution in [0.5, 0.6) is 0 Å². The SMILES string of the molecule is Cc1cscc1C(=O)Nc1ccc(N)cc1Br. The van der Waals surface area contributed by atoms with E-state index in [1.807, 2.05) is 17.7 Å². The van der Waals surface area contributed by atoms with E-state index in [1.165, 1.54) is 11.3 Å². The lowest BCUT2D eigenvalue weighted by atomic mass is 10.2. The number of hydrogen-bond acceptors (Lipinski definition) is 3. The number of anilines is 2. The summed E-state index contributed by atoms with van der Waals surface area (Å²) in [6, 6.07) is 5.29. The van der Waals surface area contributed by atoms with Gasteiger partial charge in [0.05, 0.1) is 11.3 Å². The molecule has 0 atom stereocenters. The predicted octanol–water partition coefficient (Wildman–Crippen LogP) is 3.65. The molecule has 1 aromatic heterocycles. The van der Waals surface area contributed by atoms with E-state index in [9.17, 15) is 4.79 Å². The molecule has 88 valence electrons. The van der Waals surface area contributed by atoms with E-state index in [1.54, 1.807) is 18.2 Å². The number of nitrogens with two attached hydrogens (primary N) is 1. The van der Waals surface area contributed by atoms with Crippen molar-refractivity contribution in [1.29, 1.82) is 0 Å². The molecular weight excluding hydrogens is 300 g/mol. The van der Waals surface area contributed by atoms with Crippen LogP contribution in [-0.2, 0) is 0 Å². The number of aryl methyl sites for hydroxylation is 1. The van der Waals surface area contributed by atoms with Crippen molar-refractivity contribution in [3.63, 3.8) is 0 Å². The summed E-state index contributed by atoms with van der Waals surface area (Å²) < 4.78 is 0.777. The normalized spacial score (nSPS) is 10.2. The number of hydrogen-bond donors (Lipinski definition) is 2. The smallest absolute Gasteiger partial charge is 0.256 e. The Balaban J connectivity index is 2.22. The second-order valence-electron chi connectivity index (χ2n) is 3.66. The average molecular weight is 311 g/mol. The highest BCUT2D eigenvalue weighted by atomic mass is 79.9. The van der Waals surface area contributed by atoms with Crippen LogP contribution in [0.25, 0.3) is 0 Å². The summed E-state index contributed by atoms with van der Waals surface area (Å²) in [5.41, 5.74) is 8.70. The van der Waals surface area contributed by atoms with Crippen LogP contribution in [0.3, 0.4) is 0 Å². The van der Waals surface area contributed by atoms with Crippen molar-refractivity contribution >= 4 is 44.5 Å². The number of thiophene rings is 1. The fourth-order valence-corrected chi connectivity index (χ4v) is 2.74. The molecule has 0 unspecified atom stereocenters. The molecule has 0 radical (unpaired) electrons. The molecule has 17 heavy (non-hydrogen) atoms. The van der Waals surface area contributed by atoms with Crippen LogP contribution in [-0.4, -0.2) is 5.91 Å². The zero-order chi connectivity index (χ0) is 12.4. The highest BCUT2D eigenvalue weighted by molar-refractivity contribution is 9.10. The number of carbonyl (C=O) groups excluding carboxylic acids is 1.